The monoisotopic (exact) mass is 967 g/mol. The molecule has 0 bridgehead atoms. The van der Waals surface area contributed by atoms with Crippen LogP contribution in [0.3, 0.4) is 0 Å². The van der Waals surface area contributed by atoms with Crippen LogP contribution in [0.2, 0.25) is 10.0 Å². The Bertz CT molecular complexity index is 1520. The maximum Gasteiger partial charge on any atom is 2.00 e. The van der Waals surface area contributed by atoms with Crippen LogP contribution in [0.15, 0.2) is 109 Å². The average Bonchev–Trinajstić information content (AvgIpc) is 3.07. The van der Waals surface area contributed by atoms with Gasteiger partial charge in [-0.05, 0) is 48.2 Å². The van der Waals surface area contributed by atoms with Crippen molar-refractivity contribution in [2.45, 2.75) is 20.8 Å². The molecule has 0 saturated carbocycles. The quantitative estimate of drug-likeness (QED) is 0.102. The van der Waals surface area contributed by atoms with E-state index in [-0.39, 0.29) is 44.3 Å². The Hall–Kier alpha value is 0.510. The third-order valence-corrected chi connectivity index (χ3v) is 6.67. The van der Waals surface area contributed by atoms with E-state index in [0.717, 1.165) is 16.9 Å². The molecular weight excluding hydrogens is 925 g/mol. The number of rotatable bonds is 4. The van der Waals surface area contributed by atoms with Gasteiger partial charge in [0.25, 0.3) is 0 Å². The number of benzene rings is 5. The summed E-state index contributed by atoms with van der Waals surface area (Å²) in [5, 5.41) is 1.07. The molecule has 0 radical (unpaired) electrons. The van der Waals surface area contributed by atoms with E-state index in [2.05, 4.69) is 142 Å². The van der Waals surface area contributed by atoms with Crippen molar-refractivity contribution in [2.24, 2.45) is 0 Å². The summed E-state index contributed by atoms with van der Waals surface area (Å²) in [4.78, 5) is 0. The van der Waals surface area contributed by atoms with Crippen molar-refractivity contribution in [1.82, 2.24) is 0 Å². The standard InChI is InChI=1S/C21H20O.C7H6Cl2O.C7H7.2BrH.ClH.Mg.Ni.2H4P2.H/c1-15-9-4-6-11-17(15)19-13-8-14-20(21(19)22-3)18-12-7-5-10-16(18)2;1-10-7-5(8)3-2-4-6(7)9;1-7-5-3-2-4-6-7;;;;;;2*1-2;/h4-14H,1-3H3;2-4H,1H3;2-5H,1H3;3*1H;;;2*1-2H2;/q;;-1;;;;2*+2;;;/p-3/i;;;;;;;;1T;;1+2. The Morgan fingerprint density at radius 1 is 0.646 bits per heavy atom. The smallest absolute Gasteiger partial charge is 1.00 e. The van der Waals surface area contributed by atoms with Gasteiger partial charge in [0.15, 0.2) is 5.75 Å². The molecule has 0 aliphatic rings. The Balaban J connectivity index is -0.000000657. The van der Waals surface area contributed by atoms with E-state index in [0.29, 0.717) is 15.8 Å². The number of methoxy groups -OCH3 is 2. The van der Waals surface area contributed by atoms with Crippen molar-refractivity contribution in [2.75, 3.05) is 14.2 Å². The molecule has 261 valence electrons. The summed E-state index contributed by atoms with van der Waals surface area (Å²) in [6, 6.07) is 39.4. The Morgan fingerprint density at radius 3 is 1.29 bits per heavy atom. The van der Waals surface area contributed by atoms with Crippen LogP contribution < -0.4 is 21.9 Å². The summed E-state index contributed by atoms with van der Waals surface area (Å²) in [5.74, 6) is 1.47. The van der Waals surface area contributed by atoms with E-state index in [4.69, 9.17) is 34.9 Å². The maximum atomic E-state index is 6.46. The summed E-state index contributed by atoms with van der Waals surface area (Å²) in [6.07, 6.45) is 0. The largest absolute Gasteiger partial charge is 2.00 e. The van der Waals surface area contributed by atoms with Crippen molar-refractivity contribution in [1.29, 1.82) is 2.26 Å². The maximum absolute atomic E-state index is 6.46. The van der Waals surface area contributed by atoms with Crippen LogP contribution in [0.25, 0.3) is 22.3 Å². The molecule has 0 fully saturated rings. The molecule has 0 aromatic heterocycles. The zero-order valence-electron chi connectivity index (χ0n) is 29.4. The van der Waals surface area contributed by atoms with Crippen molar-refractivity contribution in [3.8, 4) is 33.8 Å². The van der Waals surface area contributed by atoms with E-state index in [9.17, 15) is 0 Å². The first-order chi connectivity index (χ1) is 23.0. The zero-order chi connectivity index (χ0) is 36.5. The summed E-state index contributed by atoms with van der Waals surface area (Å²) in [5.41, 5.74) is 8.42. The summed E-state index contributed by atoms with van der Waals surface area (Å²) in [7, 11) is 9.89. The van der Waals surface area contributed by atoms with Gasteiger partial charge in [-0.2, -0.15) is 35.9 Å². The fourth-order valence-corrected chi connectivity index (χ4v) is 4.64. The van der Waals surface area contributed by atoms with E-state index in [1.165, 1.54) is 34.9 Å². The molecule has 0 heterocycles. The van der Waals surface area contributed by atoms with Gasteiger partial charge < -0.3 is 21.9 Å². The molecule has 5 rings (SSSR count). The number of halogens is 5. The molecule has 0 spiro atoms. The minimum absolute atomic E-state index is 0. The first kappa shape index (κ1) is 48.5. The third kappa shape index (κ3) is 19.4. The SMILES string of the molecule is COc1c(-c2ccccc2C)cccc1-c1ccccc1C.COc1c(Cl)cccc1Cl.Cc1[c-]cccc1.PP.[3H]PP.[3H][Ni]([Br])[Br].[Cl-].[Mg+2]. The topological polar surface area (TPSA) is 18.5 Å². The van der Waals surface area contributed by atoms with Gasteiger partial charge in [0.1, 0.15) is 5.75 Å². The van der Waals surface area contributed by atoms with Crippen LogP contribution in [0.4, 0.5) is 0 Å². The van der Waals surface area contributed by atoms with Crippen molar-refractivity contribution < 1.29 is 32.7 Å². The van der Waals surface area contributed by atoms with Gasteiger partial charge in [-0.25, -0.2) is 0 Å². The van der Waals surface area contributed by atoms with Gasteiger partial charge in [0, 0.05) is 11.1 Å². The number of aryl methyl sites for hydroxylation is 3. The fourth-order valence-electron chi connectivity index (χ4n) is 4.09. The van der Waals surface area contributed by atoms with Crippen molar-refractivity contribution >= 4 is 110 Å². The fraction of sp³-hybridized carbons (Fsp3) is 0.143. The second kappa shape index (κ2) is 33.4. The molecular formula is C35H42Br2Cl3MgNiO2P4. The Morgan fingerprint density at radius 2 is 1.00 bits per heavy atom. The van der Waals surface area contributed by atoms with Crippen LogP contribution in [0.1, 0.15) is 16.7 Å². The molecule has 4 unspecified atom stereocenters. The van der Waals surface area contributed by atoms with Gasteiger partial charge >= 0.3 is 63.3 Å². The van der Waals surface area contributed by atoms with Crippen LogP contribution in [0, 0.1) is 26.8 Å². The van der Waals surface area contributed by atoms with E-state index >= 15 is 0 Å². The number of hydrogen-bond donors (Lipinski definition) is 0. The molecule has 13 heteroatoms. The second-order valence-electron chi connectivity index (χ2n) is 8.86. The molecule has 0 aliphatic carbocycles. The predicted molar refractivity (Wildman–Crippen MR) is 230 cm³/mol. The molecule has 0 aliphatic heterocycles. The third-order valence-electron chi connectivity index (χ3n) is 6.08. The van der Waals surface area contributed by atoms with Crippen molar-refractivity contribution in [3.05, 3.63) is 142 Å². The van der Waals surface area contributed by atoms with Gasteiger partial charge in [-0.15, -0.1) is 35.7 Å². The van der Waals surface area contributed by atoms with E-state index < -0.39 is 10.8 Å². The number of hydrogen-bond acceptors (Lipinski definition) is 2. The number of para-hydroxylation sites is 2. The average molecular weight is 972 g/mol. The van der Waals surface area contributed by atoms with Crippen molar-refractivity contribution in [3.63, 3.8) is 0 Å². The molecule has 0 amide bonds. The predicted octanol–water partition coefficient (Wildman–Crippen LogP) is 9.79. The van der Waals surface area contributed by atoms with Gasteiger partial charge in [0.05, 0.1) is 25.5 Å². The van der Waals surface area contributed by atoms with Crippen LogP contribution >= 0.6 is 87.3 Å². The second-order valence-corrected chi connectivity index (χ2v) is 14.7. The first-order valence-electron chi connectivity index (χ1n) is 14.3. The first-order valence-corrected chi connectivity index (χ1v) is 24.0. The van der Waals surface area contributed by atoms with Gasteiger partial charge in [0.2, 0.25) is 0 Å². The summed E-state index contributed by atoms with van der Waals surface area (Å²) < 4.78 is 23.4. The van der Waals surface area contributed by atoms with E-state index in [1.807, 2.05) is 31.2 Å². The van der Waals surface area contributed by atoms with E-state index in [1.54, 1.807) is 25.3 Å². The molecule has 0 N–H and O–H groups in total. The molecule has 2 nitrogen and oxygen atoms in total. The van der Waals surface area contributed by atoms with Crippen LogP contribution in [-0.2, 0) is 10.8 Å². The minimum Gasteiger partial charge on any atom is -1.00 e. The van der Waals surface area contributed by atoms with Gasteiger partial charge in [-0.1, -0.05) is 103 Å². The summed E-state index contributed by atoms with van der Waals surface area (Å²) >= 11 is 17.2. The zero-order valence-corrected chi connectivity index (χ0v) is 39.7. The minimum atomic E-state index is -0.583. The van der Waals surface area contributed by atoms with Crippen LogP contribution in [0.5, 0.6) is 11.5 Å². The molecule has 4 atom stereocenters. The Kier molecular flexibility index (Phi) is 33.7. The normalized spacial score (nSPS) is 9.79. The molecule has 5 aromatic carbocycles. The van der Waals surface area contributed by atoms with Crippen LogP contribution in [-0.4, -0.2) is 39.5 Å². The Labute approximate surface area is 352 Å². The van der Waals surface area contributed by atoms with Gasteiger partial charge in [-0.3, -0.25) is 0 Å². The molecule has 5 aromatic rings. The number of ether oxygens (including phenoxy) is 2. The molecule has 0 saturated heterocycles. The summed E-state index contributed by atoms with van der Waals surface area (Å²) in [6.45, 7) is 6.30. The molecule has 48 heavy (non-hydrogen) atoms.